The maximum Gasteiger partial charge on any atom is 0.224 e. The SMILES string of the molecule is CC1CCC(C(=O)NC2CCS(=O)(=O)CC2)CN1. The van der Waals surface area contributed by atoms with E-state index in [1.165, 1.54) is 0 Å². The summed E-state index contributed by atoms with van der Waals surface area (Å²) in [4.78, 5) is 12.0. The summed E-state index contributed by atoms with van der Waals surface area (Å²) in [5.74, 6) is 0.536. The molecule has 0 aromatic heterocycles. The zero-order chi connectivity index (χ0) is 13.2. The Kier molecular flexibility index (Phi) is 4.27. The van der Waals surface area contributed by atoms with Crippen molar-refractivity contribution in [3.05, 3.63) is 0 Å². The van der Waals surface area contributed by atoms with Crippen LogP contribution in [0.25, 0.3) is 0 Å². The summed E-state index contributed by atoms with van der Waals surface area (Å²) in [6.07, 6.45) is 3.07. The van der Waals surface area contributed by atoms with Crippen molar-refractivity contribution in [1.82, 2.24) is 10.6 Å². The largest absolute Gasteiger partial charge is 0.353 e. The minimum Gasteiger partial charge on any atom is -0.353 e. The van der Waals surface area contributed by atoms with Gasteiger partial charge in [0.05, 0.1) is 17.4 Å². The van der Waals surface area contributed by atoms with E-state index >= 15 is 0 Å². The lowest BCUT2D eigenvalue weighted by molar-refractivity contribution is -0.126. The number of hydrogen-bond acceptors (Lipinski definition) is 4. The zero-order valence-electron chi connectivity index (χ0n) is 10.8. The normalized spacial score (nSPS) is 32.9. The average Bonchev–Trinajstić information content (AvgIpc) is 2.33. The van der Waals surface area contributed by atoms with Gasteiger partial charge in [0.1, 0.15) is 9.84 Å². The van der Waals surface area contributed by atoms with Crippen LogP contribution in [0, 0.1) is 5.92 Å². The maximum absolute atomic E-state index is 12.0. The van der Waals surface area contributed by atoms with Crippen molar-refractivity contribution in [2.75, 3.05) is 18.1 Å². The Balaban J connectivity index is 1.78. The first-order chi connectivity index (χ1) is 8.46. The fraction of sp³-hybridized carbons (Fsp3) is 0.917. The van der Waals surface area contributed by atoms with Gasteiger partial charge in [-0.1, -0.05) is 0 Å². The van der Waals surface area contributed by atoms with Crippen molar-refractivity contribution >= 4 is 15.7 Å². The van der Waals surface area contributed by atoms with Gasteiger partial charge in [-0.2, -0.15) is 0 Å². The van der Waals surface area contributed by atoms with Crippen molar-refractivity contribution in [3.8, 4) is 0 Å². The Labute approximate surface area is 109 Å². The molecule has 0 aliphatic carbocycles. The highest BCUT2D eigenvalue weighted by Crippen LogP contribution is 2.17. The van der Waals surface area contributed by atoms with Gasteiger partial charge in [-0.05, 0) is 32.6 Å². The molecule has 2 N–H and O–H groups in total. The van der Waals surface area contributed by atoms with Crippen molar-refractivity contribution in [2.45, 2.75) is 44.7 Å². The van der Waals surface area contributed by atoms with Crippen LogP contribution in [0.15, 0.2) is 0 Å². The van der Waals surface area contributed by atoms with Gasteiger partial charge in [-0.3, -0.25) is 4.79 Å². The standard InChI is InChI=1S/C12H22N2O3S/c1-9-2-3-10(8-13-9)12(15)14-11-4-6-18(16,17)7-5-11/h9-11,13H,2-8H2,1H3,(H,14,15). The lowest BCUT2D eigenvalue weighted by Gasteiger charge is -2.29. The second kappa shape index (κ2) is 5.57. The van der Waals surface area contributed by atoms with Crippen LogP contribution in [0.5, 0.6) is 0 Å². The number of nitrogens with one attached hydrogen (secondary N) is 2. The molecule has 0 bridgehead atoms. The third-order valence-corrected chi connectivity index (χ3v) is 5.65. The molecule has 104 valence electrons. The molecular weight excluding hydrogens is 252 g/mol. The van der Waals surface area contributed by atoms with Crippen LogP contribution >= 0.6 is 0 Å². The highest BCUT2D eigenvalue weighted by Gasteiger charge is 2.28. The zero-order valence-corrected chi connectivity index (χ0v) is 11.6. The molecule has 0 spiro atoms. The molecule has 2 fully saturated rings. The Hall–Kier alpha value is -0.620. The smallest absolute Gasteiger partial charge is 0.224 e. The van der Waals surface area contributed by atoms with E-state index in [4.69, 9.17) is 0 Å². The lowest BCUT2D eigenvalue weighted by atomic mass is 9.94. The third-order valence-electron chi connectivity index (χ3n) is 3.93. The average molecular weight is 274 g/mol. The summed E-state index contributed by atoms with van der Waals surface area (Å²) in [6, 6.07) is 0.536. The minimum absolute atomic E-state index is 0.0414. The van der Waals surface area contributed by atoms with E-state index in [1.807, 2.05) is 0 Å². The third kappa shape index (κ3) is 3.68. The van der Waals surface area contributed by atoms with Gasteiger partial charge in [-0.25, -0.2) is 8.42 Å². The predicted molar refractivity (Wildman–Crippen MR) is 70.0 cm³/mol. The number of amides is 1. The summed E-state index contributed by atoms with van der Waals surface area (Å²) in [5, 5.41) is 6.30. The second-order valence-corrected chi connectivity index (χ2v) is 7.82. The lowest BCUT2D eigenvalue weighted by Crippen LogP contribution is -2.48. The molecule has 2 unspecified atom stereocenters. The monoisotopic (exact) mass is 274 g/mol. The molecule has 0 radical (unpaired) electrons. The fourth-order valence-electron chi connectivity index (χ4n) is 2.58. The molecule has 2 aliphatic rings. The summed E-state index contributed by atoms with van der Waals surface area (Å²) < 4.78 is 22.6. The van der Waals surface area contributed by atoms with Crippen LogP contribution in [0.3, 0.4) is 0 Å². The van der Waals surface area contributed by atoms with Crippen LogP contribution in [0.1, 0.15) is 32.6 Å². The van der Waals surface area contributed by atoms with Gasteiger partial charge >= 0.3 is 0 Å². The first kappa shape index (κ1) is 13.8. The van der Waals surface area contributed by atoms with Gasteiger partial charge in [0.15, 0.2) is 0 Å². The number of sulfone groups is 1. The minimum atomic E-state index is -2.85. The maximum atomic E-state index is 12.0. The molecule has 2 saturated heterocycles. The van der Waals surface area contributed by atoms with Gasteiger partial charge in [0, 0.05) is 18.6 Å². The molecule has 2 atom stereocenters. The molecule has 0 saturated carbocycles. The van der Waals surface area contributed by atoms with E-state index in [0.29, 0.717) is 18.9 Å². The Morgan fingerprint density at radius 1 is 1.17 bits per heavy atom. The number of piperidine rings is 1. The summed E-state index contributed by atoms with van der Waals surface area (Å²) in [6.45, 7) is 2.86. The van der Waals surface area contributed by atoms with Gasteiger partial charge < -0.3 is 10.6 Å². The van der Waals surface area contributed by atoms with Crippen molar-refractivity contribution in [3.63, 3.8) is 0 Å². The van der Waals surface area contributed by atoms with Crippen molar-refractivity contribution in [2.24, 2.45) is 5.92 Å². The molecule has 2 rings (SSSR count). The van der Waals surface area contributed by atoms with E-state index in [9.17, 15) is 13.2 Å². The van der Waals surface area contributed by atoms with E-state index in [1.54, 1.807) is 0 Å². The van der Waals surface area contributed by atoms with Crippen molar-refractivity contribution in [1.29, 1.82) is 0 Å². The summed E-state index contributed by atoms with van der Waals surface area (Å²) in [5.41, 5.74) is 0. The topological polar surface area (TPSA) is 75.3 Å². The van der Waals surface area contributed by atoms with Crippen molar-refractivity contribution < 1.29 is 13.2 Å². The molecule has 1 amide bonds. The van der Waals surface area contributed by atoms with E-state index in [2.05, 4.69) is 17.6 Å². The molecule has 6 heteroatoms. The summed E-state index contributed by atoms with van der Waals surface area (Å²) >= 11 is 0. The quantitative estimate of drug-likeness (QED) is 0.747. The van der Waals surface area contributed by atoms with Crippen LogP contribution < -0.4 is 10.6 Å². The Bertz CT molecular complexity index is 386. The van der Waals surface area contributed by atoms with Gasteiger partial charge in [0.25, 0.3) is 0 Å². The summed E-state index contributed by atoms with van der Waals surface area (Å²) in [7, 11) is -2.85. The number of carbonyl (C=O) groups excluding carboxylic acids is 1. The molecule has 0 aromatic carbocycles. The number of hydrogen-bond donors (Lipinski definition) is 2. The number of rotatable bonds is 2. The molecule has 0 aromatic rings. The first-order valence-corrected chi connectivity index (χ1v) is 8.52. The molecular formula is C12H22N2O3S. The first-order valence-electron chi connectivity index (χ1n) is 6.70. The molecule has 2 heterocycles. The Morgan fingerprint density at radius 2 is 1.83 bits per heavy atom. The van der Waals surface area contributed by atoms with Crippen LogP contribution in [0.4, 0.5) is 0 Å². The Morgan fingerprint density at radius 3 is 2.39 bits per heavy atom. The van der Waals surface area contributed by atoms with E-state index in [0.717, 1.165) is 19.4 Å². The molecule has 18 heavy (non-hydrogen) atoms. The molecule has 5 nitrogen and oxygen atoms in total. The highest BCUT2D eigenvalue weighted by molar-refractivity contribution is 7.91. The second-order valence-electron chi connectivity index (χ2n) is 5.52. The van der Waals surface area contributed by atoms with Gasteiger partial charge in [0.2, 0.25) is 5.91 Å². The van der Waals surface area contributed by atoms with E-state index < -0.39 is 9.84 Å². The van der Waals surface area contributed by atoms with Crippen LogP contribution in [-0.2, 0) is 14.6 Å². The highest BCUT2D eigenvalue weighted by atomic mass is 32.2. The number of carbonyl (C=O) groups is 1. The van der Waals surface area contributed by atoms with Crippen LogP contribution in [-0.4, -0.2) is 44.5 Å². The van der Waals surface area contributed by atoms with Crippen LogP contribution in [0.2, 0.25) is 0 Å². The molecule has 2 aliphatic heterocycles. The van der Waals surface area contributed by atoms with E-state index in [-0.39, 0.29) is 29.4 Å². The fourth-order valence-corrected chi connectivity index (χ4v) is 4.07. The predicted octanol–water partition coefficient (Wildman–Crippen LogP) is 0.0679. The van der Waals surface area contributed by atoms with Gasteiger partial charge in [-0.15, -0.1) is 0 Å².